The lowest BCUT2D eigenvalue weighted by molar-refractivity contribution is -0.121. The molecule has 4 heteroatoms. The minimum atomic E-state index is -0.0987. The number of nitrogens with one attached hydrogen (secondary N) is 1. The number of aromatic hydroxyl groups is 1. The van der Waals surface area contributed by atoms with Gasteiger partial charge in [0.1, 0.15) is 5.75 Å². The van der Waals surface area contributed by atoms with Crippen molar-refractivity contribution in [3.05, 3.63) is 23.8 Å². The molecule has 2 N–H and O–H groups in total. The minimum absolute atomic E-state index is 0.0333. The smallest absolute Gasteiger partial charge is 0.230 e. The van der Waals surface area contributed by atoms with E-state index in [1.807, 2.05) is 13.8 Å². The molecular weight excluding hydrogens is 218 g/mol. The van der Waals surface area contributed by atoms with Crippen LogP contribution in [0, 0.1) is 12.8 Å². The number of carbonyl (C=O) groups is 1. The summed E-state index contributed by atoms with van der Waals surface area (Å²) in [6.07, 6.45) is 0.722. The maximum atomic E-state index is 11.9. The highest BCUT2D eigenvalue weighted by Gasteiger charge is 2.30. The van der Waals surface area contributed by atoms with Crippen LogP contribution >= 0.6 is 0 Å². The van der Waals surface area contributed by atoms with E-state index in [1.165, 1.54) is 0 Å². The summed E-state index contributed by atoms with van der Waals surface area (Å²) in [5.41, 5.74) is 1.41. The average Bonchev–Trinajstić information content (AvgIpc) is 2.70. The predicted octanol–water partition coefficient (Wildman–Crippen LogP) is 2.06. The van der Waals surface area contributed by atoms with Crippen LogP contribution < -0.4 is 5.32 Å². The van der Waals surface area contributed by atoms with Crippen LogP contribution in [-0.4, -0.2) is 23.7 Å². The van der Waals surface area contributed by atoms with E-state index in [9.17, 15) is 9.90 Å². The number of hydrogen-bond donors (Lipinski definition) is 2. The van der Waals surface area contributed by atoms with Gasteiger partial charge in [0.25, 0.3) is 0 Å². The van der Waals surface area contributed by atoms with Gasteiger partial charge in [0, 0.05) is 18.4 Å². The number of benzene rings is 1. The zero-order valence-corrected chi connectivity index (χ0v) is 10.1. The molecule has 2 rings (SSSR count). The Bertz CT molecular complexity index is 431. The van der Waals surface area contributed by atoms with Crippen LogP contribution in [-0.2, 0) is 9.53 Å². The zero-order valence-electron chi connectivity index (χ0n) is 10.1. The van der Waals surface area contributed by atoms with Gasteiger partial charge in [-0.1, -0.05) is 6.07 Å². The fourth-order valence-electron chi connectivity index (χ4n) is 2.00. The van der Waals surface area contributed by atoms with Crippen molar-refractivity contribution in [2.75, 3.05) is 11.9 Å². The van der Waals surface area contributed by atoms with Gasteiger partial charge in [-0.2, -0.15) is 0 Å². The van der Waals surface area contributed by atoms with Crippen LogP contribution in [0.1, 0.15) is 18.9 Å². The first kappa shape index (κ1) is 11.9. The second-order valence-electron chi connectivity index (χ2n) is 4.46. The highest BCUT2D eigenvalue weighted by molar-refractivity contribution is 5.93. The van der Waals surface area contributed by atoms with E-state index in [1.54, 1.807) is 18.2 Å². The van der Waals surface area contributed by atoms with Gasteiger partial charge in [0.15, 0.2) is 0 Å². The molecular formula is C13H17NO3. The number of ether oxygens (including phenoxy) is 1. The maximum Gasteiger partial charge on any atom is 0.230 e. The zero-order chi connectivity index (χ0) is 12.4. The summed E-state index contributed by atoms with van der Waals surface area (Å²) in [5.74, 6) is 0.0511. The van der Waals surface area contributed by atoms with Crippen LogP contribution in [0.15, 0.2) is 18.2 Å². The number of phenolic OH excluding ortho intramolecular Hbond substituents is 1. The third kappa shape index (κ3) is 2.58. The first-order valence-electron chi connectivity index (χ1n) is 5.80. The molecule has 0 radical (unpaired) electrons. The van der Waals surface area contributed by atoms with Gasteiger partial charge in [-0.25, -0.2) is 0 Å². The van der Waals surface area contributed by atoms with Crippen molar-refractivity contribution in [3.63, 3.8) is 0 Å². The Morgan fingerprint density at radius 2 is 2.29 bits per heavy atom. The molecule has 2 unspecified atom stereocenters. The number of rotatable bonds is 2. The number of aryl methyl sites for hydroxylation is 1. The fraction of sp³-hybridized carbons (Fsp3) is 0.462. The molecule has 4 nitrogen and oxygen atoms in total. The van der Waals surface area contributed by atoms with Crippen molar-refractivity contribution in [2.24, 2.45) is 5.92 Å². The third-order valence-corrected chi connectivity index (χ3v) is 3.19. The molecule has 1 heterocycles. The van der Waals surface area contributed by atoms with Gasteiger partial charge in [-0.05, 0) is 31.9 Å². The molecule has 0 bridgehead atoms. The lowest BCUT2D eigenvalue weighted by Gasteiger charge is -2.14. The standard InChI is InChI=1S/C13H17NO3/c1-8-3-4-10(7-12(8)15)14-13(16)11-5-6-17-9(11)2/h3-4,7,9,11,15H,5-6H2,1-2H3,(H,14,16). The van der Waals surface area contributed by atoms with Crippen molar-refractivity contribution in [3.8, 4) is 5.75 Å². The molecule has 0 spiro atoms. The quantitative estimate of drug-likeness (QED) is 0.825. The van der Waals surface area contributed by atoms with E-state index in [0.29, 0.717) is 12.3 Å². The van der Waals surface area contributed by atoms with E-state index in [-0.39, 0.29) is 23.7 Å². The Labute approximate surface area is 101 Å². The Morgan fingerprint density at radius 1 is 1.53 bits per heavy atom. The summed E-state index contributed by atoms with van der Waals surface area (Å²) in [6.45, 7) is 4.36. The molecule has 1 aliphatic rings. The van der Waals surface area contributed by atoms with Crippen molar-refractivity contribution < 1.29 is 14.6 Å². The van der Waals surface area contributed by atoms with Gasteiger partial charge in [0.2, 0.25) is 5.91 Å². The second kappa shape index (κ2) is 4.75. The molecule has 1 aliphatic heterocycles. The van der Waals surface area contributed by atoms with Gasteiger partial charge < -0.3 is 15.2 Å². The predicted molar refractivity (Wildman–Crippen MR) is 65.0 cm³/mol. The Balaban J connectivity index is 2.05. The molecule has 1 aromatic rings. The van der Waals surface area contributed by atoms with E-state index >= 15 is 0 Å². The topological polar surface area (TPSA) is 58.6 Å². The van der Waals surface area contributed by atoms with Crippen LogP contribution in [0.4, 0.5) is 5.69 Å². The van der Waals surface area contributed by atoms with Crippen molar-refractivity contribution in [1.29, 1.82) is 0 Å². The van der Waals surface area contributed by atoms with Gasteiger partial charge in [-0.15, -0.1) is 0 Å². The van der Waals surface area contributed by atoms with E-state index in [0.717, 1.165) is 12.0 Å². The molecule has 1 fully saturated rings. The summed E-state index contributed by atoms with van der Waals surface area (Å²) in [7, 11) is 0. The Kier molecular flexibility index (Phi) is 3.33. The molecule has 1 amide bonds. The average molecular weight is 235 g/mol. The van der Waals surface area contributed by atoms with E-state index in [2.05, 4.69) is 5.32 Å². The number of anilines is 1. The summed E-state index contributed by atoms with van der Waals surface area (Å²) in [4.78, 5) is 11.9. The molecule has 92 valence electrons. The highest BCUT2D eigenvalue weighted by atomic mass is 16.5. The van der Waals surface area contributed by atoms with Gasteiger partial charge >= 0.3 is 0 Å². The molecule has 0 aromatic heterocycles. The molecule has 17 heavy (non-hydrogen) atoms. The third-order valence-electron chi connectivity index (χ3n) is 3.19. The second-order valence-corrected chi connectivity index (χ2v) is 4.46. The molecule has 0 saturated carbocycles. The van der Waals surface area contributed by atoms with Crippen LogP contribution in [0.3, 0.4) is 0 Å². The molecule has 1 aromatic carbocycles. The number of amides is 1. The van der Waals surface area contributed by atoms with Crippen molar-refractivity contribution >= 4 is 11.6 Å². The van der Waals surface area contributed by atoms with Gasteiger partial charge in [-0.3, -0.25) is 4.79 Å². The molecule has 0 aliphatic carbocycles. The number of hydrogen-bond acceptors (Lipinski definition) is 3. The normalized spacial score (nSPS) is 23.6. The minimum Gasteiger partial charge on any atom is -0.508 e. The largest absolute Gasteiger partial charge is 0.508 e. The monoisotopic (exact) mass is 235 g/mol. The lowest BCUT2D eigenvalue weighted by atomic mass is 10.0. The summed E-state index contributed by atoms with van der Waals surface area (Å²) in [6, 6.07) is 5.13. The van der Waals surface area contributed by atoms with Crippen LogP contribution in [0.2, 0.25) is 0 Å². The fourth-order valence-corrected chi connectivity index (χ4v) is 2.00. The van der Waals surface area contributed by atoms with Gasteiger partial charge in [0.05, 0.1) is 12.0 Å². The Hall–Kier alpha value is -1.55. The maximum absolute atomic E-state index is 11.9. The summed E-state index contributed by atoms with van der Waals surface area (Å²) in [5, 5.41) is 12.4. The lowest BCUT2D eigenvalue weighted by Crippen LogP contribution is -2.27. The van der Waals surface area contributed by atoms with Crippen molar-refractivity contribution in [2.45, 2.75) is 26.4 Å². The van der Waals surface area contributed by atoms with Crippen LogP contribution in [0.5, 0.6) is 5.75 Å². The molecule has 1 saturated heterocycles. The molecule has 2 atom stereocenters. The Morgan fingerprint density at radius 3 is 2.88 bits per heavy atom. The SMILES string of the molecule is Cc1ccc(NC(=O)C2CCOC2C)cc1O. The first-order chi connectivity index (χ1) is 8.08. The van der Waals surface area contributed by atoms with E-state index in [4.69, 9.17) is 4.74 Å². The summed E-state index contributed by atoms with van der Waals surface area (Å²) < 4.78 is 5.36. The number of carbonyl (C=O) groups excluding carboxylic acids is 1. The summed E-state index contributed by atoms with van der Waals surface area (Å²) >= 11 is 0. The number of phenols is 1. The van der Waals surface area contributed by atoms with Crippen molar-refractivity contribution in [1.82, 2.24) is 0 Å². The van der Waals surface area contributed by atoms with Crippen LogP contribution in [0.25, 0.3) is 0 Å². The highest BCUT2D eigenvalue weighted by Crippen LogP contribution is 2.24. The van der Waals surface area contributed by atoms with E-state index < -0.39 is 0 Å². The first-order valence-corrected chi connectivity index (χ1v) is 5.80.